The molecule has 1 fully saturated rings. The Morgan fingerprint density at radius 2 is 1.58 bits per heavy atom. The zero-order chi connectivity index (χ0) is 22.2. The molecule has 2 amide bonds. The Balaban J connectivity index is 1.51. The smallest absolute Gasteiger partial charge is 0.251 e. The average molecular weight is 424 g/mol. The minimum Gasteiger partial charge on any atom is -0.397 e. The van der Waals surface area contributed by atoms with Crippen molar-refractivity contribution in [3.8, 4) is 0 Å². The number of nitrogen functional groups attached to an aromatic ring is 1. The molecule has 1 heterocycles. The summed E-state index contributed by atoms with van der Waals surface area (Å²) in [5.41, 5.74) is 11.0. The molecule has 1 aliphatic heterocycles. The van der Waals surface area contributed by atoms with Crippen LogP contribution in [0.2, 0.25) is 0 Å². The summed E-state index contributed by atoms with van der Waals surface area (Å²) >= 11 is 0. The van der Waals surface area contributed by atoms with Crippen molar-refractivity contribution < 1.29 is 9.59 Å². The summed E-state index contributed by atoms with van der Waals surface area (Å²) in [6.07, 6.45) is 1.16. The quantitative estimate of drug-likeness (QED) is 0.448. The fraction of sp³-hybridized carbons (Fsp3) is 0.417. The summed E-state index contributed by atoms with van der Waals surface area (Å²) in [5.74, 6) is -0.126. The minimum atomic E-state index is -0.149. The van der Waals surface area contributed by atoms with Gasteiger partial charge in [-0.05, 0) is 43.2 Å². The van der Waals surface area contributed by atoms with Gasteiger partial charge in [-0.15, -0.1) is 0 Å². The van der Waals surface area contributed by atoms with E-state index in [9.17, 15) is 9.59 Å². The maximum absolute atomic E-state index is 12.4. The third kappa shape index (κ3) is 5.90. The predicted molar refractivity (Wildman–Crippen MR) is 127 cm³/mol. The minimum absolute atomic E-state index is 0.0226. The first kappa shape index (κ1) is 22.5. The first-order valence-electron chi connectivity index (χ1n) is 11.0. The van der Waals surface area contributed by atoms with Gasteiger partial charge in [-0.2, -0.15) is 0 Å². The molecule has 0 aromatic heterocycles. The largest absolute Gasteiger partial charge is 0.397 e. The molecule has 2 aromatic rings. The van der Waals surface area contributed by atoms with Gasteiger partial charge in [0.25, 0.3) is 5.91 Å². The van der Waals surface area contributed by atoms with Crippen molar-refractivity contribution >= 4 is 28.9 Å². The zero-order valence-corrected chi connectivity index (χ0v) is 18.5. The van der Waals surface area contributed by atoms with Gasteiger partial charge in [0, 0.05) is 56.9 Å². The van der Waals surface area contributed by atoms with Crippen LogP contribution in [0.5, 0.6) is 0 Å². The van der Waals surface area contributed by atoms with Gasteiger partial charge in [0.2, 0.25) is 5.91 Å². The number of rotatable bonds is 8. The summed E-state index contributed by atoms with van der Waals surface area (Å²) in [6, 6.07) is 14.0. The van der Waals surface area contributed by atoms with Crippen molar-refractivity contribution in [2.24, 2.45) is 0 Å². The molecule has 31 heavy (non-hydrogen) atoms. The molecule has 7 nitrogen and oxygen atoms in total. The van der Waals surface area contributed by atoms with Crippen LogP contribution in [0.3, 0.4) is 0 Å². The Labute approximate surface area is 184 Å². The number of anilines is 3. The second-order valence-electron chi connectivity index (χ2n) is 7.85. The van der Waals surface area contributed by atoms with E-state index in [1.807, 2.05) is 19.1 Å². The molecule has 0 aliphatic carbocycles. The van der Waals surface area contributed by atoms with Gasteiger partial charge >= 0.3 is 0 Å². The molecule has 0 bridgehead atoms. The Morgan fingerprint density at radius 3 is 2.23 bits per heavy atom. The highest BCUT2D eigenvalue weighted by Crippen LogP contribution is 2.27. The number of aryl methyl sites for hydroxylation is 1. The average Bonchev–Trinajstić information content (AvgIpc) is 2.79. The molecule has 3 rings (SSSR count). The number of nitrogens with zero attached hydrogens (tertiary/aromatic N) is 2. The van der Waals surface area contributed by atoms with E-state index in [1.165, 1.54) is 11.3 Å². The van der Waals surface area contributed by atoms with Crippen molar-refractivity contribution in [1.82, 2.24) is 10.6 Å². The predicted octanol–water partition coefficient (Wildman–Crippen LogP) is 2.55. The van der Waals surface area contributed by atoms with Gasteiger partial charge in [0.05, 0.1) is 11.4 Å². The Kier molecular flexibility index (Phi) is 7.76. The van der Waals surface area contributed by atoms with Crippen LogP contribution in [0.25, 0.3) is 0 Å². The number of piperazine rings is 1. The Morgan fingerprint density at radius 1 is 0.935 bits per heavy atom. The molecule has 0 radical (unpaired) electrons. The molecule has 7 heteroatoms. The number of hydrogen-bond acceptors (Lipinski definition) is 5. The van der Waals surface area contributed by atoms with Crippen LogP contribution in [0.15, 0.2) is 42.5 Å². The normalized spacial score (nSPS) is 13.7. The number of carbonyl (C=O) groups is 2. The number of carbonyl (C=O) groups excluding carboxylic acids is 2. The molecule has 2 aromatic carbocycles. The van der Waals surface area contributed by atoms with E-state index in [0.717, 1.165) is 31.9 Å². The van der Waals surface area contributed by atoms with E-state index >= 15 is 0 Å². The van der Waals surface area contributed by atoms with Crippen LogP contribution >= 0.6 is 0 Å². The number of benzene rings is 2. The van der Waals surface area contributed by atoms with Gasteiger partial charge in [-0.1, -0.05) is 25.1 Å². The second kappa shape index (κ2) is 10.7. The molecule has 0 saturated carbocycles. The molecule has 0 atom stereocenters. The van der Waals surface area contributed by atoms with E-state index in [2.05, 4.69) is 51.6 Å². The first-order valence-corrected chi connectivity index (χ1v) is 11.0. The standard InChI is InChI=1S/C24H33N5O2/c1-3-23(30)26-11-6-12-27-24(31)19-9-10-22(20(25)17-19)29-15-13-28(14-16-29)21-8-5-4-7-18(21)2/h4-5,7-10,17H,3,6,11-16,25H2,1-2H3,(H,26,30)(H,27,31). The van der Waals surface area contributed by atoms with Crippen LogP contribution in [0, 0.1) is 6.92 Å². The third-order valence-electron chi connectivity index (χ3n) is 5.65. The van der Waals surface area contributed by atoms with Crippen molar-refractivity contribution in [2.45, 2.75) is 26.7 Å². The first-order chi connectivity index (χ1) is 15.0. The van der Waals surface area contributed by atoms with Crippen LogP contribution in [-0.4, -0.2) is 51.1 Å². The molecule has 0 unspecified atom stereocenters. The summed E-state index contributed by atoms with van der Waals surface area (Å²) in [7, 11) is 0. The molecule has 166 valence electrons. The summed E-state index contributed by atoms with van der Waals surface area (Å²) in [4.78, 5) is 28.3. The summed E-state index contributed by atoms with van der Waals surface area (Å²) in [6.45, 7) is 8.65. The summed E-state index contributed by atoms with van der Waals surface area (Å²) < 4.78 is 0. The van der Waals surface area contributed by atoms with E-state index in [1.54, 1.807) is 6.07 Å². The second-order valence-corrected chi connectivity index (χ2v) is 7.85. The molecule has 0 spiro atoms. The van der Waals surface area contributed by atoms with Gasteiger partial charge in [0.15, 0.2) is 0 Å². The highest BCUT2D eigenvalue weighted by molar-refractivity contribution is 5.96. The highest BCUT2D eigenvalue weighted by Gasteiger charge is 2.20. The van der Waals surface area contributed by atoms with Crippen LogP contribution in [-0.2, 0) is 4.79 Å². The topological polar surface area (TPSA) is 90.7 Å². The highest BCUT2D eigenvalue weighted by atomic mass is 16.2. The van der Waals surface area contributed by atoms with Crippen LogP contribution in [0.1, 0.15) is 35.7 Å². The molecule has 1 aliphatic rings. The Hall–Kier alpha value is -3.22. The van der Waals surface area contributed by atoms with E-state index < -0.39 is 0 Å². The third-order valence-corrected chi connectivity index (χ3v) is 5.65. The maximum atomic E-state index is 12.4. The van der Waals surface area contributed by atoms with Gasteiger partial charge in [0.1, 0.15) is 0 Å². The molecular weight excluding hydrogens is 390 g/mol. The molecule has 4 N–H and O–H groups in total. The van der Waals surface area contributed by atoms with E-state index in [4.69, 9.17) is 5.73 Å². The van der Waals surface area contributed by atoms with Crippen molar-refractivity contribution in [3.63, 3.8) is 0 Å². The fourth-order valence-corrected chi connectivity index (χ4v) is 3.84. The SMILES string of the molecule is CCC(=O)NCCCNC(=O)c1ccc(N2CCN(c3ccccc3C)CC2)c(N)c1. The number of amides is 2. The van der Waals surface area contributed by atoms with E-state index in [-0.39, 0.29) is 11.8 Å². The van der Waals surface area contributed by atoms with Crippen molar-refractivity contribution in [3.05, 3.63) is 53.6 Å². The van der Waals surface area contributed by atoms with Gasteiger partial charge in [-0.25, -0.2) is 0 Å². The maximum Gasteiger partial charge on any atom is 0.251 e. The molecular formula is C24H33N5O2. The van der Waals surface area contributed by atoms with E-state index in [0.29, 0.717) is 37.2 Å². The zero-order valence-electron chi connectivity index (χ0n) is 18.5. The summed E-state index contributed by atoms with van der Waals surface area (Å²) in [5, 5.41) is 5.68. The lowest BCUT2D eigenvalue weighted by atomic mass is 10.1. The van der Waals surface area contributed by atoms with Gasteiger partial charge < -0.3 is 26.2 Å². The molecule has 1 saturated heterocycles. The lowest BCUT2D eigenvalue weighted by Gasteiger charge is -2.38. The monoisotopic (exact) mass is 423 g/mol. The number of nitrogens with one attached hydrogen (secondary N) is 2. The van der Waals surface area contributed by atoms with Crippen LogP contribution < -0.4 is 26.2 Å². The lowest BCUT2D eigenvalue weighted by molar-refractivity contribution is -0.120. The number of hydrogen-bond donors (Lipinski definition) is 3. The van der Waals surface area contributed by atoms with Crippen molar-refractivity contribution in [2.75, 3.05) is 54.8 Å². The van der Waals surface area contributed by atoms with Gasteiger partial charge in [-0.3, -0.25) is 9.59 Å². The van der Waals surface area contributed by atoms with Crippen molar-refractivity contribution in [1.29, 1.82) is 0 Å². The fourth-order valence-electron chi connectivity index (χ4n) is 3.84. The lowest BCUT2D eigenvalue weighted by Crippen LogP contribution is -2.47. The van der Waals surface area contributed by atoms with Crippen LogP contribution in [0.4, 0.5) is 17.1 Å². The Bertz CT molecular complexity index is 907. The number of para-hydroxylation sites is 1. The number of nitrogens with two attached hydrogens (primary N) is 1.